The molecule has 0 heterocycles. The van der Waals surface area contributed by atoms with E-state index in [9.17, 15) is 10.1 Å². The molecule has 3 nitrogen and oxygen atoms in total. The van der Waals surface area contributed by atoms with Gasteiger partial charge in [-0.1, -0.05) is 39.0 Å². The molecule has 0 aliphatic heterocycles. The van der Waals surface area contributed by atoms with Crippen LogP contribution in [0, 0.1) is 22.2 Å². The number of carbonyl (C=O) groups excluding carboxylic acids is 1. The number of amides is 1. The Morgan fingerprint density at radius 2 is 1.74 bits per heavy atom. The molecule has 0 atom stereocenters. The first-order valence-electron chi connectivity index (χ1n) is 7.86. The largest absolute Gasteiger partial charge is 0.354 e. The van der Waals surface area contributed by atoms with Gasteiger partial charge in [0.25, 0.3) is 0 Å². The summed E-state index contributed by atoms with van der Waals surface area (Å²) in [6.45, 7) is 2.97. The van der Waals surface area contributed by atoms with Crippen molar-refractivity contribution in [3.8, 4) is 6.07 Å². The topological polar surface area (TPSA) is 52.9 Å². The highest BCUT2D eigenvalue weighted by Crippen LogP contribution is 2.43. The van der Waals surface area contributed by atoms with E-state index in [1.165, 1.54) is 19.3 Å². The Hall–Kier alpha value is -1.04. The van der Waals surface area contributed by atoms with E-state index in [4.69, 9.17) is 0 Å². The van der Waals surface area contributed by atoms with Crippen molar-refractivity contribution in [1.29, 1.82) is 5.26 Å². The van der Waals surface area contributed by atoms with E-state index in [1.54, 1.807) is 0 Å². The highest BCUT2D eigenvalue weighted by atomic mass is 16.2. The monoisotopic (exact) mass is 262 g/mol. The molecule has 2 rings (SSSR count). The minimum atomic E-state index is -0.741. The second-order valence-electron chi connectivity index (χ2n) is 6.50. The molecule has 3 heteroatoms. The lowest BCUT2D eigenvalue weighted by Gasteiger charge is -2.42. The fourth-order valence-electron chi connectivity index (χ4n) is 3.49. The van der Waals surface area contributed by atoms with Crippen molar-refractivity contribution in [2.45, 2.75) is 71.1 Å². The van der Waals surface area contributed by atoms with Crippen LogP contribution in [-0.4, -0.2) is 12.5 Å². The third-order valence-electron chi connectivity index (χ3n) is 5.39. The van der Waals surface area contributed by atoms with Gasteiger partial charge in [-0.25, -0.2) is 0 Å². The third-order valence-corrected chi connectivity index (χ3v) is 5.39. The first-order valence-corrected chi connectivity index (χ1v) is 7.86. The van der Waals surface area contributed by atoms with Crippen molar-refractivity contribution in [3.05, 3.63) is 0 Å². The number of hydrogen-bond acceptors (Lipinski definition) is 2. The molecule has 106 valence electrons. The average Bonchev–Trinajstić information content (AvgIpc) is 2.64. The van der Waals surface area contributed by atoms with E-state index in [0.29, 0.717) is 5.41 Å². The summed E-state index contributed by atoms with van der Waals surface area (Å²) in [6, 6.07) is 2.34. The zero-order chi connectivity index (χ0) is 13.8. The average molecular weight is 262 g/mol. The first-order chi connectivity index (χ1) is 9.16. The van der Waals surface area contributed by atoms with Crippen molar-refractivity contribution >= 4 is 5.91 Å². The highest BCUT2D eigenvalue weighted by Gasteiger charge is 2.41. The maximum absolute atomic E-state index is 12.5. The Labute approximate surface area is 116 Å². The summed E-state index contributed by atoms with van der Waals surface area (Å²) in [4.78, 5) is 12.5. The second-order valence-corrected chi connectivity index (χ2v) is 6.50. The van der Waals surface area contributed by atoms with Gasteiger partial charge in [0.1, 0.15) is 5.41 Å². The molecule has 0 aromatic heterocycles. The normalized spacial score (nSPS) is 24.6. The fraction of sp³-hybridized carbons (Fsp3) is 0.875. The van der Waals surface area contributed by atoms with Gasteiger partial charge >= 0.3 is 0 Å². The Bertz CT molecular complexity index is 352. The number of carbonyl (C=O) groups is 1. The molecule has 2 aliphatic carbocycles. The molecule has 0 aromatic rings. The maximum Gasteiger partial charge on any atom is 0.240 e. The molecule has 0 radical (unpaired) electrons. The van der Waals surface area contributed by atoms with Crippen LogP contribution < -0.4 is 5.32 Å². The van der Waals surface area contributed by atoms with E-state index in [0.717, 1.165) is 51.5 Å². The van der Waals surface area contributed by atoms with Gasteiger partial charge in [-0.05, 0) is 37.5 Å². The van der Waals surface area contributed by atoms with E-state index >= 15 is 0 Å². The molecule has 0 bridgehead atoms. The van der Waals surface area contributed by atoms with Crippen LogP contribution in [-0.2, 0) is 4.79 Å². The van der Waals surface area contributed by atoms with Gasteiger partial charge in [0.15, 0.2) is 0 Å². The predicted molar refractivity (Wildman–Crippen MR) is 75.3 cm³/mol. The van der Waals surface area contributed by atoms with Crippen LogP contribution in [0.1, 0.15) is 71.1 Å². The van der Waals surface area contributed by atoms with Gasteiger partial charge in [0.2, 0.25) is 5.91 Å². The minimum Gasteiger partial charge on any atom is -0.354 e. The molecule has 2 aliphatic rings. The molecule has 0 saturated heterocycles. The van der Waals surface area contributed by atoms with Gasteiger partial charge in [0.05, 0.1) is 6.07 Å². The van der Waals surface area contributed by atoms with Gasteiger partial charge in [-0.15, -0.1) is 0 Å². The van der Waals surface area contributed by atoms with Crippen LogP contribution in [0.3, 0.4) is 0 Å². The van der Waals surface area contributed by atoms with Crippen LogP contribution in [0.2, 0.25) is 0 Å². The highest BCUT2D eigenvalue weighted by molar-refractivity contribution is 5.85. The SMILES string of the molecule is CCC1(CNC(=O)C2(C#N)CCCCCC2)CCC1. The predicted octanol–water partition coefficient (Wildman–Crippen LogP) is 3.55. The number of nitrogens with one attached hydrogen (secondary N) is 1. The van der Waals surface area contributed by atoms with Crippen molar-refractivity contribution in [3.63, 3.8) is 0 Å². The number of nitrogens with zero attached hydrogens (tertiary/aromatic N) is 1. The molecule has 2 saturated carbocycles. The van der Waals surface area contributed by atoms with E-state index < -0.39 is 5.41 Å². The molecular formula is C16H26N2O. The Balaban J connectivity index is 1.95. The summed E-state index contributed by atoms with van der Waals surface area (Å²) >= 11 is 0. The van der Waals surface area contributed by atoms with Gasteiger partial charge in [0, 0.05) is 6.54 Å². The van der Waals surface area contributed by atoms with E-state index in [1.807, 2.05) is 0 Å². The lowest BCUT2D eigenvalue weighted by Crippen LogP contribution is -2.47. The smallest absolute Gasteiger partial charge is 0.240 e. The van der Waals surface area contributed by atoms with Crippen LogP contribution in [0.4, 0.5) is 0 Å². The molecule has 19 heavy (non-hydrogen) atoms. The standard InChI is InChI=1S/C16H26N2O/c1-2-15(8-7-9-15)13-18-14(19)16(12-17)10-5-3-4-6-11-16/h2-11,13H2,1H3,(H,18,19). The van der Waals surface area contributed by atoms with Crippen molar-refractivity contribution in [2.75, 3.05) is 6.54 Å². The molecule has 0 spiro atoms. The van der Waals surface area contributed by atoms with Crippen molar-refractivity contribution in [1.82, 2.24) is 5.32 Å². The third kappa shape index (κ3) is 2.94. The summed E-state index contributed by atoms with van der Waals surface area (Å²) in [5, 5.41) is 12.6. The first kappa shape index (κ1) is 14.4. The summed E-state index contributed by atoms with van der Waals surface area (Å²) < 4.78 is 0. The molecule has 1 N–H and O–H groups in total. The Morgan fingerprint density at radius 3 is 2.16 bits per heavy atom. The summed E-state index contributed by atoms with van der Waals surface area (Å²) in [5.74, 6) is -0.00312. The molecule has 2 fully saturated rings. The Morgan fingerprint density at radius 1 is 1.11 bits per heavy atom. The fourth-order valence-corrected chi connectivity index (χ4v) is 3.49. The number of hydrogen-bond donors (Lipinski definition) is 1. The molecular weight excluding hydrogens is 236 g/mol. The van der Waals surface area contributed by atoms with Crippen molar-refractivity contribution in [2.24, 2.45) is 10.8 Å². The summed E-state index contributed by atoms with van der Waals surface area (Å²) in [5.41, 5.74) is -0.411. The van der Waals surface area contributed by atoms with E-state index in [-0.39, 0.29) is 5.91 Å². The lowest BCUT2D eigenvalue weighted by molar-refractivity contribution is -0.129. The second kappa shape index (κ2) is 5.94. The van der Waals surface area contributed by atoms with Crippen molar-refractivity contribution < 1.29 is 4.79 Å². The quantitative estimate of drug-likeness (QED) is 0.788. The molecule has 0 aromatic carbocycles. The zero-order valence-corrected chi connectivity index (χ0v) is 12.1. The molecule has 0 unspecified atom stereocenters. The summed E-state index contributed by atoms with van der Waals surface area (Å²) in [6.07, 6.45) is 10.7. The summed E-state index contributed by atoms with van der Waals surface area (Å²) in [7, 11) is 0. The van der Waals surface area contributed by atoms with Gasteiger partial charge < -0.3 is 5.32 Å². The number of nitriles is 1. The van der Waals surface area contributed by atoms with Crippen LogP contribution >= 0.6 is 0 Å². The van der Waals surface area contributed by atoms with Crippen LogP contribution in [0.25, 0.3) is 0 Å². The van der Waals surface area contributed by atoms with Gasteiger partial charge in [-0.3, -0.25) is 4.79 Å². The minimum absolute atomic E-state index is 0.00312. The van der Waals surface area contributed by atoms with Crippen LogP contribution in [0.15, 0.2) is 0 Å². The molecule has 1 amide bonds. The number of rotatable bonds is 4. The zero-order valence-electron chi connectivity index (χ0n) is 12.1. The van der Waals surface area contributed by atoms with E-state index in [2.05, 4.69) is 18.3 Å². The maximum atomic E-state index is 12.5. The lowest BCUT2D eigenvalue weighted by atomic mass is 9.67. The van der Waals surface area contributed by atoms with Crippen LogP contribution in [0.5, 0.6) is 0 Å². The van der Waals surface area contributed by atoms with Gasteiger partial charge in [-0.2, -0.15) is 5.26 Å². The Kier molecular flexibility index (Phi) is 4.50.